The second-order valence-electron chi connectivity index (χ2n) is 8.89. The minimum atomic E-state index is 0.791. The first-order valence-corrected chi connectivity index (χ1v) is 10.9. The first kappa shape index (κ1) is 17.8. The van der Waals surface area contributed by atoms with E-state index in [0.717, 1.165) is 36.5 Å². The van der Waals surface area contributed by atoms with Gasteiger partial charge < -0.3 is 0 Å². The zero-order valence-electron chi connectivity index (χ0n) is 16.4. The number of hydrogen-bond acceptors (Lipinski definition) is 0. The van der Waals surface area contributed by atoms with Gasteiger partial charge in [-0.15, -0.1) is 6.58 Å². The molecule has 0 bridgehead atoms. The lowest BCUT2D eigenvalue weighted by molar-refractivity contribution is 0.116. The van der Waals surface area contributed by atoms with E-state index in [4.69, 9.17) is 0 Å². The molecule has 0 N–H and O–H groups in total. The quantitative estimate of drug-likeness (QED) is 0.487. The van der Waals surface area contributed by atoms with Gasteiger partial charge in [-0.25, -0.2) is 0 Å². The summed E-state index contributed by atoms with van der Waals surface area (Å²) in [5, 5.41) is 2.81. The molecule has 0 aromatic heterocycles. The van der Waals surface area contributed by atoms with Gasteiger partial charge in [0, 0.05) is 0 Å². The van der Waals surface area contributed by atoms with E-state index >= 15 is 0 Å². The summed E-state index contributed by atoms with van der Waals surface area (Å²) < 4.78 is 0. The predicted molar refractivity (Wildman–Crippen MR) is 114 cm³/mol. The van der Waals surface area contributed by atoms with Crippen molar-refractivity contribution < 1.29 is 0 Å². The Hall–Kier alpha value is -1.56. The SMILES string of the molecule is C=CCCc1ccc2cc([C@@H]3CC[C@@H]4CC(CC)CCC4C3)ccc2c1. The summed E-state index contributed by atoms with van der Waals surface area (Å²) in [6.45, 7) is 6.22. The van der Waals surface area contributed by atoms with Crippen molar-refractivity contribution >= 4 is 10.8 Å². The molecule has 26 heavy (non-hydrogen) atoms. The van der Waals surface area contributed by atoms with Gasteiger partial charge in [0.2, 0.25) is 0 Å². The molecule has 4 atom stereocenters. The third kappa shape index (κ3) is 3.75. The maximum atomic E-state index is 3.84. The van der Waals surface area contributed by atoms with E-state index in [2.05, 4.69) is 49.9 Å². The molecule has 0 spiro atoms. The number of fused-ring (bicyclic) bond motifs is 2. The summed E-state index contributed by atoms with van der Waals surface area (Å²) in [7, 11) is 0. The Morgan fingerprint density at radius 3 is 2.54 bits per heavy atom. The molecule has 2 saturated carbocycles. The third-order valence-corrected chi connectivity index (χ3v) is 7.34. The molecule has 2 aliphatic carbocycles. The average molecular weight is 347 g/mol. The van der Waals surface area contributed by atoms with E-state index in [1.165, 1.54) is 61.3 Å². The first-order chi connectivity index (χ1) is 12.8. The number of rotatable bonds is 5. The van der Waals surface area contributed by atoms with Crippen molar-refractivity contribution in [3.05, 3.63) is 60.2 Å². The summed E-state index contributed by atoms with van der Waals surface area (Å²) in [6.07, 6.45) is 14.4. The van der Waals surface area contributed by atoms with Crippen LogP contribution in [0.5, 0.6) is 0 Å². The Kier molecular flexibility index (Phi) is 5.48. The summed E-state index contributed by atoms with van der Waals surface area (Å²) >= 11 is 0. The minimum Gasteiger partial charge on any atom is -0.103 e. The van der Waals surface area contributed by atoms with Crippen LogP contribution in [0.2, 0.25) is 0 Å². The molecule has 2 aliphatic rings. The van der Waals surface area contributed by atoms with Gasteiger partial charge in [0.1, 0.15) is 0 Å². The van der Waals surface area contributed by atoms with E-state index in [9.17, 15) is 0 Å². The largest absolute Gasteiger partial charge is 0.103 e. The molecule has 4 rings (SSSR count). The number of benzene rings is 2. The number of hydrogen-bond donors (Lipinski definition) is 0. The molecule has 2 fully saturated rings. The van der Waals surface area contributed by atoms with Crippen molar-refractivity contribution in [3.63, 3.8) is 0 Å². The molecule has 0 heteroatoms. The summed E-state index contributed by atoms with van der Waals surface area (Å²) in [5.41, 5.74) is 3.02. The van der Waals surface area contributed by atoms with Crippen molar-refractivity contribution in [1.29, 1.82) is 0 Å². The first-order valence-electron chi connectivity index (χ1n) is 10.9. The fourth-order valence-electron chi connectivity index (χ4n) is 5.65. The standard InChI is InChI=1S/C26H34/c1-3-5-6-20-8-10-24-18-26(14-12-22(24)16-20)25-13-11-21-15-19(4-2)7-9-23(21)17-25/h3,8,10,12,14,16,18-19,21,23,25H,1,4-7,9,11,13,15,17H2,2H3/t19?,21-,23?,25-/m1/s1. The number of allylic oxidation sites excluding steroid dienone is 1. The molecular formula is C26H34. The van der Waals surface area contributed by atoms with Gasteiger partial charge in [-0.2, -0.15) is 0 Å². The maximum Gasteiger partial charge on any atom is -0.0159 e. The molecule has 0 nitrogen and oxygen atoms in total. The number of aryl methyl sites for hydroxylation is 1. The highest BCUT2D eigenvalue weighted by Crippen LogP contribution is 2.48. The molecule has 0 radical (unpaired) electrons. The lowest BCUT2D eigenvalue weighted by atomic mass is 9.63. The van der Waals surface area contributed by atoms with E-state index in [1.54, 1.807) is 5.56 Å². The van der Waals surface area contributed by atoms with Gasteiger partial charge in [0.05, 0.1) is 0 Å². The molecule has 0 heterocycles. The van der Waals surface area contributed by atoms with Crippen molar-refractivity contribution in [2.24, 2.45) is 17.8 Å². The monoisotopic (exact) mass is 346 g/mol. The summed E-state index contributed by atoms with van der Waals surface area (Å²) in [5.74, 6) is 3.83. The van der Waals surface area contributed by atoms with Crippen LogP contribution in [0, 0.1) is 17.8 Å². The van der Waals surface area contributed by atoms with E-state index in [-0.39, 0.29) is 0 Å². The normalized spacial score (nSPS) is 28.7. The van der Waals surface area contributed by atoms with Crippen LogP contribution in [0.1, 0.15) is 75.3 Å². The van der Waals surface area contributed by atoms with E-state index in [1.807, 2.05) is 6.08 Å². The van der Waals surface area contributed by atoms with Gasteiger partial charge >= 0.3 is 0 Å². The zero-order valence-corrected chi connectivity index (χ0v) is 16.4. The van der Waals surface area contributed by atoms with Crippen LogP contribution in [-0.4, -0.2) is 0 Å². The molecule has 2 aromatic carbocycles. The van der Waals surface area contributed by atoms with Crippen molar-refractivity contribution in [2.45, 2.75) is 70.6 Å². The van der Waals surface area contributed by atoms with Crippen LogP contribution < -0.4 is 0 Å². The Morgan fingerprint density at radius 1 is 0.923 bits per heavy atom. The van der Waals surface area contributed by atoms with Crippen LogP contribution >= 0.6 is 0 Å². The van der Waals surface area contributed by atoms with Gasteiger partial charge in [0.15, 0.2) is 0 Å². The van der Waals surface area contributed by atoms with Gasteiger partial charge in [0.25, 0.3) is 0 Å². The van der Waals surface area contributed by atoms with Gasteiger partial charge in [-0.1, -0.05) is 62.2 Å². The topological polar surface area (TPSA) is 0 Å². The molecule has 138 valence electrons. The summed E-state index contributed by atoms with van der Waals surface area (Å²) in [6, 6.07) is 14.3. The molecule has 2 aromatic rings. The summed E-state index contributed by atoms with van der Waals surface area (Å²) in [4.78, 5) is 0. The minimum absolute atomic E-state index is 0.791. The van der Waals surface area contributed by atoms with Crippen LogP contribution in [0.4, 0.5) is 0 Å². The third-order valence-electron chi connectivity index (χ3n) is 7.34. The van der Waals surface area contributed by atoms with Crippen molar-refractivity contribution in [1.82, 2.24) is 0 Å². The Balaban J connectivity index is 1.48. The highest BCUT2D eigenvalue weighted by Gasteiger charge is 2.35. The highest BCUT2D eigenvalue weighted by molar-refractivity contribution is 5.84. The van der Waals surface area contributed by atoms with E-state index < -0.39 is 0 Å². The van der Waals surface area contributed by atoms with Crippen LogP contribution in [0.15, 0.2) is 49.1 Å². The highest BCUT2D eigenvalue weighted by atomic mass is 14.4. The van der Waals surface area contributed by atoms with Crippen LogP contribution in [0.3, 0.4) is 0 Å². The molecule has 2 unspecified atom stereocenters. The fraction of sp³-hybridized carbons (Fsp3) is 0.538. The lowest BCUT2D eigenvalue weighted by Crippen LogP contribution is -2.30. The van der Waals surface area contributed by atoms with Gasteiger partial charge in [-0.3, -0.25) is 0 Å². The second kappa shape index (κ2) is 7.99. The maximum absolute atomic E-state index is 3.84. The molecule has 0 aliphatic heterocycles. The zero-order chi connectivity index (χ0) is 17.9. The van der Waals surface area contributed by atoms with Crippen LogP contribution in [-0.2, 0) is 6.42 Å². The van der Waals surface area contributed by atoms with Crippen molar-refractivity contribution in [2.75, 3.05) is 0 Å². The van der Waals surface area contributed by atoms with E-state index in [0.29, 0.717) is 0 Å². The molecule has 0 amide bonds. The second-order valence-corrected chi connectivity index (χ2v) is 8.89. The van der Waals surface area contributed by atoms with Gasteiger partial charge in [-0.05, 0) is 90.5 Å². The Labute approximate surface area is 159 Å². The Bertz CT molecular complexity index is 756. The predicted octanol–water partition coefficient (Wildman–Crippen LogP) is 7.67. The fourth-order valence-corrected chi connectivity index (χ4v) is 5.65. The Morgan fingerprint density at radius 2 is 1.69 bits per heavy atom. The molecule has 0 saturated heterocycles. The lowest BCUT2D eigenvalue weighted by Gasteiger charge is -2.42. The van der Waals surface area contributed by atoms with Crippen LogP contribution in [0.25, 0.3) is 10.8 Å². The average Bonchev–Trinajstić information content (AvgIpc) is 2.70. The van der Waals surface area contributed by atoms with Crippen molar-refractivity contribution in [3.8, 4) is 0 Å². The smallest absolute Gasteiger partial charge is 0.0159 e. The molecular weight excluding hydrogens is 312 g/mol.